The number of hydrogen-bond acceptors (Lipinski definition) is 3. The third-order valence-corrected chi connectivity index (χ3v) is 3.03. The Hall–Kier alpha value is -1.07. The topological polar surface area (TPSA) is 63.2 Å². The summed E-state index contributed by atoms with van der Waals surface area (Å²) < 4.78 is 21.7. The van der Waals surface area contributed by atoms with Gasteiger partial charge >= 0.3 is 0 Å². The quantitative estimate of drug-likeness (QED) is 0.898. The number of carbonyl (C=O) groups excluding carboxylic acids is 1. The first-order valence-electron chi connectivity index (χ1n) is 4.60. The van der Waals surface area contributed by atoms with Crippen LogP contribution in [0.1, 0.15) is 6.42 Å². The van der Waals surface area contributed by atoms with Crippen LogP contribution in [-0.2, 0) is 14.6 Å². The van der Waals surface area contributed by atoms with E-state index in [4.69, 9.17) is 11.6 Å². The van der Waals surface area contributed by atoms with Crippen LogP contribution >= 0.6 is 11.6 Å². The smallest absolute Gasteiger partial charge is 0.225 e. The van der Waals surface area contributed by atoms with Crippen LogP contribution in [0.15, 0.2) is 24.3 Å². The minimum absolute atomic E-state index is 0.0402. The summed E-state index contributed by atoms with van der Waals surface area (Å²) in [5, 5.41) is 3.16. The number of nitrogens with one attached hydrogen (secondary N) is 1. The second-order valence-electron chi connectivity index (χ2n) is 3.43. The van der Waals surface area contributed by atoms with Crippen LogP contribution in [0.2, 0.25) is 5.02 Å². The number of anilines is 1. The SMILES string of the molecule is CS(=O)(=O)CCC(=O)Nc1ccc(Cl)cc1. The molecule has 1 aromatic rings. The molecule has 6 heteroatoms. The summed E-state index contributed by atoms with van der Waals surface area (Å²) >= 11 is 5.68. The van der Waals surface area contributed by atoms with Crippen LogP contribution in [0, 0.1) is 0 Å². The summed E-state index contributed by atoms with van der Waals surface area (Å²) in [4.78, 5) is 11.3. The van der Waals surface area contributed by atoms with Gasteiger partial charge in [0.05, 0.1) is 5.75 Å². The van der Waals surface area contributed by atoms with Gasteiger partial charge in [0.2, 0.25) is 5.91 Å². The molecule has 0 unspecified atom stereocenters. The van der Waals surface area contributed by atoms with E-state index in [0.717, 1.165) is 6.26 Å². The third-order valence-electron chi connectivity index (χ3n) is 1.83. The maximum atomic E-state index is 11.3. The normalized spacial score (nSPS) is 11.1. The van der Waals surface area contributed by atoms with Crippen molar-refractivity contribution in [2.75, 3.05) is 17.3 Å². The van der Waals surface area contributed by atoms with Gasteiger partial charge in [0.25, 0.3) is 0 Å². The van der Waals surface area contributed by atoms with Gasteiger partial charge < -0.3 is 5.32 Å². The molecule has 1 rings (SSSR count). The highest BCUT2D eigenvalue weighted by Gasteiger charge is 2.07. The number of halogens is 1. The zero-order chi connectivity index (χ0) is 12.2. The van der Waals surface area contributed by atoms with Crippen molar-refractivity contribution in [2.45, 2.75) is 6.42 Å². The molecule has 4 nitrogen and oxygen atoms in total. The molecule has 0 saturated heterocycles. The molecule has 0 aliphatic carbocycles. The van der Waals surface area contributed by atoms with Gasteiger partial charge in [-0.25, -0.2) is 8.42 Å². The molecule has 0 spiro atoms. The first-order chi connectivity index (χ1) is 7.37. The van der Waals surface area contributed by atoms with Gasteiger partial charge in [0.15, 0.2) is 0 Å². The fourth-order valence-corrected chi connectivity index (χ4v) is 1.72. The highest BCUT2D eigenvalue weighted by molar-refractivity contribution is 7.90. The summed E-state index contributed by atoms with van der Waals surface area (Å²) in [5.74, 6) is -0.473. The second kappa shape index (κ2) is 5.32. The van der Waals surface area contributed by atoms with Gasteiger partial charge in [-0.1, -0.05) is 11.6 Å². The van der Waals surface area contributed by atoms with Crippen LogP contribution < -0.4 is 5.32 Å². The summed E-state index contributed by atoms with van der Waals surface area (Å²) in [6, 6.07) is 6.60. The lowest BCUT2D eigenvalue weighted by atomic mass is 10.3. The van der Waals surface area contributed by atoms with Crippen molar-refractivity contribution in [1.29, 1.82) is 0 Å². The van der Waals surface area contributed by atoms with E-state index in [1.807, 2.05) is 0 Å². The summed E-state index contributed by atoms with van der Waals surface area (Å²) in [6.45, 7) is 0. The van der Waals surface area contributed by atoms with E-state index in [9.17, 15) is 13.2 Å². The van der Waals surface area contributed by atoms with E-state index in [-0.39, 0.29) is 18.1 Å². The molecule has 0 aliphatic rings. The van der Waals surface area contributed by atoms with Gasteiger partial charge in [0, 0.05) is 23.4 Å². The Labute approximate surface area is 99.5 Å². The van der Waals surface area contributed by atoms with Crippen molar-refractivity contribution in [3.05, 3.63) is 29.3 Å². The number of sulfone groups is 1. The van der Waals surface area contributed by atoms with E-state index < -0.39 is 9.84 Å². The van der Waals surface area contributed by atoms with Crippen LogP contribution in [0.25, 0.3) is 0 Å². The predicted octanol–water partition coefficient (Wildman–Crippen LogP) is 1.71. The number of amides is 1. The zero-order valence-corrected chi connectivity index (χ0v) is 10.3. The molecule has 0 heterocycles. The largest absolute Gasteiger partial charge is 0.326 e. The molecule has 0 aliphatic heterocycles. The third kappa shape index (κ3) is 5.14. The Morgan fingerprint density at radius 3 is 2.38 bits per heavy atom. The molecule has 0 aromatic heterocycles. The lowest BCUT2D eigenvalue weighted by molar-refractivity contribution is -0.115. The van der Waals surface area contributed by atoms with Gasteiger partial charge in [-0.15, -0.1) is 0 Å². The fraction of sp³-hybridized carbons (Fsp3) is 0.300. The molecular formula is C10H12ClNO3S. The number of carbonyl (C=O) groups is 1. The molecule has 1 aromatic carbocycles. The lowest BCUT2D eigenvalue weighted by Crippen LogP contribution is -2.16. The van der Waals surface area contributed by atoms with Crippen molar-refractivity contribution in [3.8, 4) is 0 Å². The Morgan fingerprint density at radius 2 is 1.88 bits per heavy atom. The maximum absolute atomic E-state index is 11.3. The first-order valence-corrected chi connectivity index (χ1v) is 7.04. The molecule has 0 atom stereocenters. The van der Waals surface area contributed by atoms with Crippen molar-refractivity contribution < 1.29 is 13.2 Å². The predicted molar refractivity (Wildman–Crippen MR) is 64.4 cm³/mol. The van der Waals surface area contributed by atoms with E-state index in [1.165, 1.54) is 0 Å². The van der Waals surface area contributed by atoms with Gasteiger partial charge in [-0.3, -0.25) is 4.79 Å². The van der Waals surface area contributed by atoms with Crippen molar-refractivity contribution in [2.24, 2.45) is 0 Å². The van der Waals surface area contributed by atoms with E-state index in [0.29, 0.717) is 10.7 Å². The molecule has 1 amide bonds. The van der Waals surface area contributed by atoms with E-state index >= 15 is 0 Å². The summed E-state index contributed by atoms with van der Waals surface area (Å²) in [6.07, 6.45) is 1.06. The molecule has 0 fully saturated rings. The van der Waals surface area contributed by atoms with Crippen molar-refractivity contribution in [3.63, 3.8) is 0 Å². The minimum atomic E-state index is -3.10. The Kier molecular flexibility index (Phi) is 4.32. The Morgan fingerprint density at radius 1 is 1.31 bits per heavy atom. The van der Waals surface area contributed by atoms with Crippen LogP contribution in [-0.4, -0.2) is 26.3 Å². The highest BCUT2D eigenvalue weighted by Crippen LogP contribution is 2.13. The fourth-order valence-electron chi connectivity index (χ4n) is 1.03. The molecule has 88 valence electrons. The molecule has 0 radical (unpaired) electrons. The molecule has 1 N–H and O–H groups in total. The maximum Gasteiger partial charge on any atom is 0.225 e. The van der Waals surface area contributed by atoms with E-state index in [1.54, 1.807) is 24.3 Å². The minimum Gasteiger partial charge on any atom is -0.326 e. The molecule has 0 bridgehead atoms. The molecular weight excluding hydrogens is 250 g/mol. The van der Waals surface area contributed by atoms with E-state index in [2.05, 4.69) is 5.32 Å². The monoisotopic (exact) mass is 261 g/mol. The second-order valence-corrected chi connectivity index (χ2v) is 6.13. The average molecular weight is 262 g/mol. The van der Waals surface area contributed by atoms with Gasteiger partial charge in [0.1, 0.15) is 9.84 Å². The van der Waals surface area contributed by atoms with Crippen molar-refractivity contribution in [1.82, 2.24) is 0 Å². The number of hydrogen-bond donors (Lipinski definition) is 1. The van der Waals surface area contributed by atoms with Gasteiger partial charge in [-0.05, 0) is 24.3 Å². The standard InChI is InChI=1S/C10H12ClNO3S/c1-16(14,15)7-6-10(13)12-9-4-2-8(11)3-5-9/h2-5H,6-7H2,1H3,(H,12,13). The zero-order valence-electron chi connectivity index (χ0n) is 8.73. The molecule has 16 heavy (non-hydrogen) atoms. The molecule has 0 saturated carbocycles. The first kappa shape index (κ1) is 13.0. The van der Waals surface area contributed by atoms with Crippen LogP contribution in [0.5, 0.6) is 0 Å². The Balaban J connectivity index is 2.49. The lowest BCUT2D eigenvalue weighted by Gasteiger charge is -2.04. The summed E-state index contributed by atoms with van der Waals surface area (Å²) in [5.41, 5.74) is 0.600. The number of benzene rings is 1. The highest BCUT2D eigenvalue weighted by atomic mass is 35.5. The average Bonchev–Trinajstić information content (AvgIpc) is 2.18. The van der Waals surface area contributed by atoms with Gasteiger partial charge in [-0.2, -0.15) is 0 Å². The van der Waals surface area contributed by atoms with Crippen LogP contribution in [0.3, 0.4) is 0 Å². The van der Waals surface area contributed by atoms with Crippen molar-refractivity contribution >= 4 is 33.0 Å². The van der Waals surface area contributed by atoms with Crippen LogP contribution in [0.4, 0.5) is 5.69 Å². The Bertz CT molecular complexity index is 467. The summed E-state index contributed by atoms with van der Waals surface area (Å²) in [7, 11) is -3.10. The number of rotatable bonds is 4.